The number of aromatic nitrogens is 2. The zero-order valence-electron chi connectivity index (χ0n) is 17.7. The number of carbonyl (C=O) groups is 1. The third kappa shape index (κ3) is 5.93. The van der Waals surface area contributed by atoms with Crippen LogP contribution in [0.2, 0.25) is 0 Å². The van der Waals surface area contributed by atoms with E-state index < -0.39 is 15.9 Å². The van der Waals surface area contributed by atoms with Gasteiger partial charge in [0.1, 0.15) is 0 Å². The van der Waals surface area contributed by atoms with Gasteiger partial charge >= 0.3 is 6.01 Å². The Bertz CT molecular complexity index is 1140. The number of thioether (sulfide) groups is 1. The van der Waals surface area contributed by atoms with Gasteiger partial charge in [0.2, 0.25) is 15.9 Å². The quantitative estimate of drug-likeness (QED) is 0.511. The van der Waals surface area contributed by atoms with E-state index in [2.05, 4.69) is 41.5 Å². The summed E-state index contributed by atoms with van der Waals surface area (Å²) in [5.74, 6) is -0.0916. The van der Waals surface area contributed by atoms with E-state index in [1.54, 1.807) is 11.8 Å². The van der Waals surface area contributed by atoms with Crippen LogP contribution >= 0.6 is 11.8 Å². The lowest BCUT2D eigenvalue weighted by molar-refractivity contribution is 0.102. The molecule has 0 saturated heterocycles. The molecular weight excluding hydrogens is 436 g/mol. The second-order valence-corrected chi connectivity index (χ2v) is 11.1. The average Bonchev–Trinajstić information content (AvgIpc) is 3.15. The first-order valence-electron chi connectivity index (χ1n) is 9.57. The van der Waals surface area contributed by atoms with Crippen molar-refractivity contribution in [2.24, 2.45) is 0 Å². The lowest BCUT2D eigenvalue weighted by Gasteiger charge is -2.11. The number of amides is 1. The summed E-state index contributed by atoms with van der Waals surface area (Å²) >= 11 is 1.79. The number of anilines is 1. The minimum absolute atomic E-state index is 0.0167. The van der Waals surface area contributed by atoms with E-state index in [0.717, 1.165) is 9.87 Å². The van der Waals surface area contributed by atoms with Gasteiger partial charge in [-0.15, -0.1) is 16.9 Å². The second-order valence-electron chi connectivity index (χ2n) is 7.25. The molecule has 0 saturated carbocycles. The molecule has 3 rings (SSSR count). The van der Waals surface area contributed by atoms with E-state index in [-0.39, 0.29) is 16.5 Å². The van der Waals surface area contributed by atoms with Gasteiger partial charge in [-0.1, -0.05) is 31.1 Å². The lowest BCUT2D eigenvalue weighted by Crippen LogP contribution is -2.22. The van der Waals surface area contributed by atoms with Crippen LogP contribution in [0.1, 0.15) is 35.7 Å². The third-order valence-corrected chi connectivity index (χ3v) is 7.08. The molecule has 31 heavy (non-hydrogen) atoms. The number of sulfonamides is 1. The standard InChI is InChI=1S/C21H24N4O4S2/c1-14(2)30-17-9-5-15(6-10-17)13-19-23-24-21(29-19)22-20(26)16-7-11-18(12-8-16)31(27,28)25(3)4/h5-12,14H,13H2,1-4H3,(H,22,24,26). The Morgan fingerprint density at radius 2 is 1.71 bits per heavy atom. The van der Waals surface area contributed by atoms with Crippen LogP contribution < -0.4 is 5.32 Å². The molecule has 2 aromatic carbocycles. The minimum atomic E-state index is -3.55. The fourth-order valence-electron chi connectivity index (χ4n) is 2.67. The maximum absolute atomic E-state index is 12.4. The summed E-state index contributed by atoms with van der Waals surface area (Å²) in [7, 11) is -0.661. The van der Waals surface area contributed by atoms with E-state index in [0.29, 0.717) is 17.6 Å². The van der Waals surface area contributed by atoms with E-state index in [1.165, 1.54) is 43.3 Å². The average molecular weight is 461 g/mol. The molecule has 1 N–H and O–H groups in total. The lowest BCUT2D eigenvalue weighted by atomic mass is 10.1. The molecule has 8 nitrogen and oxygen atoms in total. The number of hydrogen-bond donors (Lipinski definition) is 1. The van der Waals surface area contributed by atoms with Crippen molar-refractivity contribution in [3.05, 3.63) is 65.5 Å². The number of hydrogen-bond acceptors (Lipinski definition) is 7. The summed E-state index contributed by atoms with van der Waals surface area (Å²) in [6, 6.07) is 13.7. The molecule has 0 atom stereocenters. The molecular formula is C21H24N4O4S2. The molecule has 0 aliphatic heterocycles. The number of benzene rings is 2. The van der Waals surface area contributed by atoms with Crippen LogP contribution in [-0.2, 0) is 16.4 Å². The highest BCUT2D eigenvalue weighted by molar-refractivity contribution is 7.99. The fourth-order valence-corrected chi connectivity index (χ4v) is 4.41. The highest BCUT2D eigenvalue weighted by Crippen LogP contribution is 2.23. The number of nitrogens with one attached hydrogen (secondary N) is 1. The predicted octanol–water partition coefficient (Wildman–Crippen LogP) is 3.66. The molecule has 1 amide bonds. The van der Waals surface area contributed by atoms with Crippen LogP contribution in [0.4, 0.5) is 6.01 Å². The van der Waals surface area contributed by atoms with Crippen molar-refractivity contribution in [2.75, 3.05) is 19.4 Å². The fraction of sp³-hybridized carbons (Fsp3) is 0.286. The highest BCUT2D eigenvalue weighted by atomic mass is 32.2. The third-order valence-electron chi connectivity index (χ3n) is 4.23. The summed E-state index contributed by atoms with van der Waals surface area (Å²) in [4.78, 5) is 13.7. The van der Waals surface area contributed by atoms with Gasteiger partial charge in [-0.05, 0) is 42.0 Å². The summed E-state index contributed by atoms with van der Waals surface area (Å²) in [5, 5.41) is 10.9. The molecule has 0 fully saturated rings. The maximum atomic E-state index is 12.4. The van der Waals surface area contributed by atoms with Gasteiger partial charge in [0.05, 0.1) is 11.3 Å². The van der Waals surface area contributed by atoms with Gasteiger partial charge in [-0.3, -0.25) is 10.1 Å². The normalized spacial score (nSPS) is 11.8. The second kappa shape index (κ2) is 9.63. The Hall–Kier alpha value is -2.69. The van der Waals surface area contributed by atoms with Crippen molar-refractivity contribution in [2.45, 2.75) is 35.3 Å². The molecule has 1 heterocycles. The Labute approximate surface area is 186 Å². The van der Waals surface area contributed by atoms with E-state index >= 15 is 0 Å². The number of nitrogens with zero attached hydrogens (tertiary/aromatic N) is 3. The van der Waals surface area contributed by atoms with Crippen LogP contribution in [-0.4, -0.2) is 48.2 Å². The van der Waals surface area contributed by atoms with Crippen LogP contribution in [0.15, 0.2) is 62.7 Å². The first kappa shape index (κ1) is 23.0. The van der Waals surface area contributed by atoms with Crippen molar-refractivity contribution < 1.29 is 17.6 Å². The van der Waals surface area contributed by atoms with Gasteiger partial charge in [0.15, 0.2) is 0 Å². The molecule has 0 aliphatic rings. The topological polar surface area (TPSA) is 105 Å². The largest absolute Gasteiger partial charge is 0.407 e. The monoisotopic (exact) mass is 460 g/mol. The van der Waals surface area contributed by atoms with Gasteiger partial charge in [0, 0.05) is 29.8 Å². The highest BCUT2D eigenvalue weighted by Gasteiger charge is 2.18. The molecule has 0 spiro atoms. The van der Waals surface area contributed by atoms with Crippen molar-refractivity contribution in [1.29, 1.82) is 0 Å². The van der Waals surface area contributed by atoms with Crippen molar-refractivity contribution in [1.82, 2.24) is 14.5 Å². The Morgan fingerprint density at radius 3 is 2.29 bits per heavy atom. The molecule has 0 bridgehead atoms. The zero-order valence-corrected chi connectivity index (χ0v) is 19.3. The molecule has 0 aliphatic carbocycles. The SMILES string of the molecule is CC(C)Sc1ccc(Cc2nnc(NC(=O)c3ccc(S(=O)(=O)N(C)C)cc3)o2)cc1. The van der Waals surface area contributed by atoms with E-state index in [9.17, 15) is 13.2 Å². The number of rotatable bonds is 8. The van der Waals surface area contributed by atoms with E-state index in [1.807, 2.05) is 12.1 Å². The molecule has 1 aromatic heterocycles. The minimum Gasteiger partial charge on any atom is -0.407 e. The van der Waals surface area contributed by atoms with E-state index in [4.69, 9.17) is 4.42 Å². The van der Waals surface area contributed by atoms with Crippen LogP contribution in [0.25, 0.3) is 0 Å². The molecule has 0 radical (unpaired) electrons. The van der Waals surface area contributed by atoms with Gasteiger partial charge in [-0.25, -0.2) is 12.7 Å². The molecule has 164 valence electrons. The van der Waals surface area contributed by atoms with Crippen LogP contribution in [0.3, 0.4) is 0 Å². The van der Waals surface area contributed by atoms with Crippen LogP contribution in [0.5, 0.6) is 0 Å². The maximum Gasteiger partial charge on any atom is 0.322 e. The molecule has 3 aromatic rings. The summed E-state index contributed by atoms with van der Waals surface area (Å²) < 4.78 is 30.9. The van der Waals surface area contributed by atoms with Crippen molar-refractivity contribution in [3.63, 3.8) is 0 Å². The van der Waals surface area contributed by atoms with Crippen LogP contribution in [0, 0.1) is 0 Å². The van der Waals surface area contributed by atoms with Gasteiger partial charge in [-0.2, -0.15) is 0 Å². The molecule has 10 heteroatoms. The Morgan fingerprint density at radius 1 is 1.06 bits per heavy atom. The Balaban J connectivity index is 1.62. The summed E-state index contributed by atoms with van der Waals surface area (Å²) in [5.41, 5.74) is 1.29. The summed E-state index contributed by atoms with van der Waals surface area (Å²) in [6.07, 6.45) is 0.451. The number of carbonyl (C=O) groups excluding carboxylic acids is 1. The van der Waals surface area contributed by atoms with Gasteiger partial charge < -0.3 is 4.42 Å². The molecule has 0 unspecified atom stereocenters. The van der Waals surface area contributed by atoms with Crippen molar-refractivity contribution >= 4 is 33.7 Å². The zero-order chi connectivity index (χ0) is 22.6. The smallest absolute Gasteiger partial charge is 0.322 e. The first-order chi connectivity index (χ1) is 14.6. The Kier molecular flexibility index (Phi) is 7.14. The first-order valence-corrected chi connectivity index (χ1v) is 11.9. The predicted molar refractivity (Wildman–Crippen MR) is 120 cm³/mol. The van der Waals surface area contributed by atoms with Gasteiger partial charge in [0.25, 0.3) is 5.91 Å². The van der Waals surface area contributed by atoms with Crippen molar-refractivity contribution in [3.8, 4) is 0 Å². The summed E-state index contributed by atoms with van der Waals surface area (Å²) in [6.45, 7) is 4.29.